The molecule has 0 amide bonds. The molecule has 0 saturated heterocycles. The van der Waals surface area contributed by atoms with Crippen LogP contribution in [-0.2, 0) is 11.2 Å². The minimum Gasteiger partial charge on any atom is -0.375 e. The smallest absolute Gasteiger partial charge is 0.325 e. The molecule has 1 heterocycles. The van der Waals surface area contributed by atoms with Gasteiger partial charge in [-0.15, -0.1) is 0 Å². The van der Waals surface area contributed by atoms with Gasteiger partial charge in [-0.3, -0.25) is 9.78 Å². The molecular weight excluding hydrogens is 232 g/mol. The molecule has 2 aromatic rings. The lowest BCUT2D eigenvalue weighted by molar-refractivity contribution is 0.0995. The molecule has 0 fully saturated rings. The van der Waals surface area contributed by atoms with Gasteiger partial charge in [0.05, 0.1) is 5.69 Å². The van der Waals surface area contributed by atoms with Crippen LogP contribution in [-0.4, -0.2) is 17.1 Å². The fourth-order valence-electron chi connectivity index (χ4n) is 1.81. The molecular formula is C13H14N2O3. The predicted molar refractivity (Wildman–Crippen MR) is 67.6 cm³/mol. The third-order valence-electron chi connectivity index (χ3n) is 2.68. The van der Waals surface area contributed by atoms with Crippen molar-refractivity contribution in [1.29, 1.82) is 0 Å². The molecule has 94 valence electrons. The summed E-state index contributed by atoms with van der Waals surface area (Å²) in [6, 6.07) is 11.1. The second kappa shape index (κ2) is 5.46. The quantitative estimate of drug-likeness (QED) is 0.844. The molecule has 0 aliphatic carbocycles. The summed E-state index contributed by atoms with van der Waals surface area (Å²) in [5.74, 6) is 0. The summed E-state index contributed by atoms with van der Waals surface area (Å²) >= 11 is 0. The summed E-state index contributed by atoms with van der Waals surface area (Å²) in [6.07, 6.45) is 0.249. The maximum Gasteiger partial charge on any atom is 0.325 e. The zero-order chi connectivity index (χ0) is 13.0. The SMILES string of the molecule is COC(Cc1ccccc1)c1cc(=O)[nH]c(=O)[nH]1. The van der Waals surface area contributed by atoms with Gasteiger partial charge in [-0.1, -0.05) is 30.3 Å². The Hall–Kier alpha value is -2.14. The van der Waals surface area contributed by atoms with Crippen molar-refractivity contribution in [1.82, 2.24) is 9.97 Å². The molecule has 5 nitrogen and oxygen atoms in total. The van der Waals surface area contributed by atoms with E-state index in [-0.39, 0.29) is 6.10 Å². The van der Waals surface area contributed by atoms with Gasteiger partial charge < -0.3 is 9.72 Å². The molecule has 1 atom stereocenters. The van der Waals surface area contributed by atoms with E-state index in [4.69, 9.17) is 4.74 Å². The lowest BCUT2D eigenvalue weighted by atomic mass is 10.1. The van der Waals surface area contributed by atoms with E-state index in [0.717, 1.165) is 5.56 Å². The van der Waals surface area contributed by atoms with Crippen LogP contribution in [0.2, 0.25) is 0 Å². The zero-order valence-corrected chi connectivity index (χ0v) is 9.97. The summed E-state index contributed by atoms with van der Waals surface area (Å²) in [4.78, 5) is 27.2. The van der Waals surface area contributed by atoms with Crippen LogP contribution in [0.1, 0.15) is 17.4 Å². The number of aromatic nitrogens is 2. The second-order valence-electron chi connectivity index (χ2n) is 3.96. The summed E-state index contributed by atoms with van der Waals surface area (Å²) in [6.45, 7) is 0. The molecule has 2 N–H and O–H groups in total. The van der Waals surface area contributed by atoms with E-state index in [1.54, 1.807) is 7.11 Å². The molecule has 0 saturated carbocycles. The average Bonchev–Trinajstić information content (AvgIpc) is 2.36. The molecule has 5 heteroatoms. The van der Waals surface area contributed by atoms with Crippen molar-refractivity contribution in [2.75, 3.05) is 7.11 Å². The first-order valence-electron chi connectivity index (χ1n) is 5.59. The number of hydrogen-bond donors (Lipinski definition) is 2. The third kappa shape index (κ3) is 2.95. The Balaban J connectivity index is 2.28. The Kier molecular flexibility index (Phi) is 3.74. The van der Waals surface area contributed by atoms with Crippen LogP contribution in [0.3, 0.4) is 0 Å². The fraction of sp³-hybridized carbons (Fsp3) is 0.231. The first-order valence-corrected chi connectivity index (χ1v) is 5.59. The van der Waals surface area contributed by atoms with E-state index in [9.17, 15) is 9.59 Å². The van der Waals surface area contributed by atoms with E-state index in [2.05, 4.69) is 9.97 Å². The van der Waals surface area contributed by atoms with Gasteiger partial charge in [0.15, 0.2) is 0 Å². The lowest BCUT2D eigenvalue weighted by Crippen LogP contribution is -2.25. The van der Waals surface area contributed by atoms with Crippen molar-refractivity contribution in [3.63, 3.8) is 0 Å². The summed E-state index contributed by atoms with van der Waals surface area (Å²) in [5.41, 5.74) is 0.608. The van der Waals surface area contributed by atoms with Gasteiger partial charge in [-0.05, 0) is 5.56 Å². The van der Waals surface area contributed by atoms with E-state index in [1.807, 2.05) is 30.3 Å². The summed E-state index contributed by atoms with van der Waals surface area (Å²) < 4.78 is 5.33. The lowest BCUT2D eigenvalue weighted by Gasteiger charge is -2.14. The molecule has 0 radical (unpaired) electrons. The highest BCUT2D eigenvalue weighted by molar-refractivity contribution is 5.17. The van der Waals surface area contributed by atoms with Gasteiger partial charge in [-0.25, -0.2) is 4.79 Å². The number of rotatable bonds is 4. The van der Waals surface area contributed by atoms with Crippen molar-refractivity contribution < 1.29 is 4.74 Å². The normalized spacial score (nSPS) is 12.3. The van der Waals surface area contributed by atoms with Crippen LogP contribution < -0.4 is 11.2 Å². The predicted octanol–water partition coefficient (Wildman–Crippen LogP) is 0.993. The number of ether oxygens (including phenoxy) is 1. The molecule has 1 unspecified atom stereocenters. The Labute approximate surface area is 103 Å². The van der Waals surface area contributed by atoms with Crippen molar-refractivity contribution in [3.05, 3.63) is 68.5 Å². The second-order valence-corrected chi connectivity index (χ2v) is 3.96. The maximum absolute atomic E-state index is 11.3. The van der Waals surface area contributed by atoms with Crippen molar-refractivity contribution in [2.45, 2.75) is 12.5 Å². The number of methoxy groups -OCH3 is 1. The van der Waals surface area contributed by atoms with Gasteiger partial charge in [-0.2, -0.15) is 0 Å². The van der Waals surface area contributed by atoms with Gasteiger partial charge in [0.25, 0.3) is 5.56 Å². The van der Waals surface area contributed by atoms with Crippen molar-refractivity contribution in [2.24, 2.45) is 0 Å². The zero-order valence-electron chi connectivity index (χ0n) is 9.97. The monoisotopic (exact) mass is 246 g/mol. The molecule has 2 rings (SSSR count). The largest absolute Gasteiger partial charge is 0.375 e. The summed E-state index contributed by atoms with van der Waals surface area (Å²) in [7, 11) is 1.55. The highest BCUT2D eigenvalue weighted by Gasteiger charge is 2.13. The van der Waals surface area contributed by atoms with Crippen molar-refractivity contribution in [3.8, 4) is 0 Å². The van der Waals surface area contributed by atoms with E-state index >= 15 is 0 Å². The van der Waals surface area contributed by atoms with E-state index in [0.29, 0.717) is 12.1 Å². The van der Waals surface area contributed by atoms with Gasteiger partial charge in [0, 0.05) is 19.6 Å². The van der Waals surface area contributed by atoms with Crippen LogP contribution in [0.25, 0.3) is 0 Å². The van der Waals surface area contributed by atoms with Crippen molar-refractivity contribution >= 4 is 0 Å². The third-order valence-corrected chi connectivity index (χ3v) is 2.68. The Bertz CT molecular complexity index is 588. The van der Waals surface area contributed by atoms with Gasteiger partial charge in [0.1, 0.15) is 6.10 Å². The molecule has 0 aliphatic heterocycles. The van der Waals surface area contributed by atoms with Crippen LogP contribution >= 0.6 is 0 Å². The topological polar surface area (TPSA) is 75.0 Å². The Morgan fingerprint density at radius 2 is 1.89 bits per heavy atom. The van der Waals surface area contributed by atoms with Gasteiger partial charge >= 0.3 is 5.69 Å². The van der Waals surface area contributed by atoms with Crippen LogP contribution in [0.5, 0.6) is 0 Å². The van der Waals surface area contributed by atoms with Crippen LogP contribution in [0.4, 0.5) is 0 Å². The van der Waals surface area contributed by atoms with Crippen LogP contribution in [0.15, 0.2) is 46.0 Å². The molecule has 1 aromatic heterocycles. The number of aromatic amines is 2. The van der Waals surface area contributed by atoms with E-state index in [1.165, 1.54) is 6.07 Å². The molecule has 0 spiro atoms. The highest BCUT2D eigenvalue weighted by Crippen LogP contribution is 2.17. The number of benzene rings is 1. The van der Waals surface area contributed by atoms with E-state index < -0.39 is 11.2 Å². The number of nitrogens with one attached hydrogen (secondary N) is 2. The summed E-state index contributed by atoms with van der Waals surface area (Å²) in [5, 5.41) is 0. The molecule has 18 heavy (non-hydrogen) atoms. The average molecular weight is 246 g/mol. The Morgan fingerprint density at radius 1 is 1.17 bits per heavy atom. The maximum atomic E-state index is 11.3. The minimum atomic E-state index is -0.521. The standard InChI is InChI=1S/C13H14N2O3/c1-18-11(7-9-5-3-2-4-6-9)10-8-12(16)15-13(17)14-10/h2-6,8,11H,7H2,1H3,(H2,14,15,16,17). The first kappa shape index (κ1) is 12.3. The molecule has 0 bridgehead atoms. The number of H-pyrrole nitrogens is 2. The van der Waals surface area contributed by atoms with Crippen LogP contribution in [0, 0.1) is 0 Å². The molecule has 1 aromatic carbocycles. The number of hydrogen-bond acceptors (Lipinski definition) is 3. The minimum absolute atomic E-state index is 0.345. The fourth-order valence-corrected chi connectivity index (χ4v) is 1.81. The highest BCUT2D eigenvalue weighted by atomic mass is 16.5. The molecule has 0 aliphatic rings. The van der Waals surface area contributed by atoms with Gasteiger partial charge in [0.2, 0.25) is 0 Å². The Morgan fingerprint density at radius 3 is 2.50 bits per heavy atom. The first-order chi connectivity index (χ1) is 8.69.